The number of amides is 2. The summed E-state index contributed by atoms with van der Waals surface area (Å²) in [6.07, 6.45) is 2.24. The summed E-state index contributed by atoms with van der Waals surface area (Å²) in [5.41, 5.74) is 1.35. The van der Waals surface area contributed by atoms with Crippen LogP contribution in [-0.2, 0) is 22.4 Å². The van der Waals surface area contributed by atoms with Crippen molar-refractivity contribution in [1.29, 1.82) is 0 Å². The third-order valence-corrected chi connectivity index (χ3v) is 6.85. The van der Waals surface area contributed by atoms with Crippen molar-refractivity contribution in [3.8, 4) is 0 Å². The third kappa shape index (κ3) is 10.9. The first-order valence-electron chi connectivity index (χ1n) is 11.2. The molecule has 0 bridgehead atoms. The topological polar surface area (TPSA) is 138 Å². The second kappa shape index (κ2) is 17.0. The molecule has 0 saturated heterocycles. The zero-order chi connectivity index (χ0) is 25.4. The van der Waals surface area contributed by atoms with Crippen LogP contribution in [0.1, 0.15) is 85.2 Å². The molecule has 186 valence electrons. The first kappa shape index (κ1) is 35.3. The van der Waals surface area contributed by atoms with Gasteiger partial charge in [-0.05, 0) is 59.4 Å². The number of carbonyl (C=O) groups is 4. The maximum Gasteiger partial charge on any atom is 1.00 e. The van der Waals surface area contributed by atoms with Crippen molar-refractivity contribution in [2.45, 2.75) is 66.2 Å². The van der Waals surface area contributed by atoms with Crippen LogP contribution in [0.2, 0.25) is 0 Å². The van der Waals surface area contributed by atoms with Gasteiger partial charge >= 0.3 is 59.1 Å². The molecule has 0 atom stereocenters. The third-order valence-electron chi connectivity index (χ3n) is 4.96. The van der Waals surface area contributed by atoms with Gasteiger partial charge in [-0.25, -0.2) is 0 Å². The minimum absolute atomic E-state index is 0. The number of carboxylic acid groups (broad SMARTS) is 2. The van der Waals surface area contributed by atoms with Crippen LogP contribution in [0.25, 0.3) is 0 Å². The largest absolute Gasteiger partial charge is 1.00 e. The Hall–Kier alpha value is -0.720. The first-order chi connectivity index (χ1) is 16.0. The molecule has 2 amide bonds. The van der Waals surface area contributed by atoms with Crippen LogP contribution in [0.3, 0.4) is 0 Å². The van der Waals surface area contributed by atoms with Gasteiger partial charge in [0, 0.05) is 24.0 Å². The Bertz CT molecular complexity index is 967. The van der Waals surface area contributed by atoms with E-state index in [0.29, 0.717) is 36.8 Å². The summed E-state index contributed by atoms with van der Waals surface area (Å²) >= 11 is 2.32. The zero-order valence-electron chi connectivity index (χ0n) is 21.8. The monoisotopic (exact) mass is 552 g/mol. The van der Waals surface area contributed by atoms with E-state index in [0.717, 1.165) is 22.7 Å². The summed E-state index contributed by atoms with van der Waals surface area (Å²) < 4.78 is 0. The first-order valence-corrected chi connectivity index (χ1v) is 13.0. The van der Waals surface area contributed by atoms with Crippen LogP contribution in [-0.4, -0.2) is 23.8 Å². The van der Waals surface area contributed by atoms with Crippen LogP contribution in [0.4, 0.5) is 10.0 Å². The van der Waals surface area contributed by atoms with Gasteiger partial charge in [0.15, 0.2) is 0 Å². The fraction of sp³-hybridized carbons (Fsp3) is 0.500. The Labute approximate surface area is 264 Å². The van der Waals surface area contributed by atoms with Crippen molar-refractivity contribution in [2.75, 3.05) is 10.6 Å². The summed E-state index contributed by atoms with van der Waals surface area (Å²) in [7, 11) is 0. The number of carbonyl (C=O) groups excluding carboxylic acids is 4. The van der Waals surface area contributed by atoms with E-state index in [4.69, 9.17) is 0 Å². The molecule has 2 heterocycles. The summed E-state index contributed by atoms with van der Waals surface area (Å²) in [6.45, 7) is 7.92. The van der Waals surface area contributed by atoms with Gasteiger partial charge in [-0.1, -0.05) is 27.7 Å². The quantitative estimate of drug-likeness (QED) is 0.202. The Morgan fingerprint density at radius 3 is 1.33 bits per heavy atom. The van der Waals surface area contributed by atoms with Gasteiger partial charge in [0.05, 0.1) is 11.9 Å². The molecule has 0 saturated carbocycles. The molecule has 2 N–H and O–H groups in total. The minimum Gasteiger partial charge on any atom is -0.545 e. The fourth-order valence-electron chi connectivity index (χ4n) is 3.55. The van der Waals surface area contributed by atoms with Crippen molar-refractivity contribution < 1.29 is 88.5 Å². The molecular weight excluding hydrogens is 522 g/mol. The average molecular weight is 553 g/mol. The summed E-state index contributed by atoms with van der Waals surface area (Å²) in [5, 5.41) is 32.3. The molecule has 2 aromatic rings. The second-order valence-electron chi connectivity index (χ2n) is 9.00. The summed E-state index contributed by atoms with van der Waals surface area (Å²) in [6, 6.07) is 0. The van der Waals surface area contributed by atoms with E-state index in [1.165, 1.54) is 0 Å². The number of carboxylic acids is 2. The molecule has 12 heteroatoms. The van der Waals surface area contributed by atoms with E-state index in [2.05, 4.69) is 10.6 Å². The van der Waals surface area contributed by atoms with E-state index in [1.807, 2.05) is 27.7 Å². The van der Waals surface area contributed by atoms with Crippen LogP contribution in [0, 0.1) is 11.8 Å². The molecule has 0 aliphatic carbocycles. The molecule has 0 radical (unpaired) electrons. The van der Waals surface area contributed by atoms with Crippen molar-refractivity contribution >= 4 is 56.4 Å². The van der Waals surface area contributed by atoms with Crippen molar-refractivity contribution in [3.63, 3.8) is 0 Å². The zero-order valence-corrected chi connectivity index (χ0v) is 27.5. The Kier molecular flexibility index (Phi) is 16.6. The average Bonchev–Trinajstić information content (AvgIpc) is 3.28. The summed E-state index contributed by atoms with van der Waals surface area (Å²) in [5.74, 6) is -2.77. The molecule has 8 nitrogen and oxygen atoms in total. The molecule has 2 aromatic heterocycles. The van der Waals surface area contributed by atoms with Crippen molar-refractivity contribution in [2.24, 2.45) is 11.8 Å². The molecule has 0 spiro atoms. The van der Waals surface area contributed by atoms with E-state index >= 15 is 0 Å². The number of unbranched alkanes of at least 4 members (excludes halogenated alkanes) is 1. The molecular formula is C24H30N2Na2O6S2. The van der Waals surface area contributed by atoms with Crippen molar-refractivity contribution in [1.82, 2.24) is 0 Å². The van der Waals surface area contributed by atoms with Crippen LogP contribution in [0.15, 0.2) is 10.8 Å². The minimum atomic E-state index is -1.31. The van der Waals surface area contributed by atoms with Gasteiger partial charge in [-0.3, -0.25) is 9.59 Å². The standard InChI is InChI=1S/C24H32N2O6S2.2Na/c1-13(2)9-15-11-33-21(19(15)23(29)30)25-17(27)7-5-6-8-18(28)26-22-20(24(31)32)16(12-34-22)10-14(3)4;;/h11-14H,5-10H2,1-4H3,(H,25,27)(H,26,28)(H,29,30)(H,31,32);;/q;2*+1/p-2. The number of hydrogen-bond acceptors (Lipinski definition) is 8. The Morgan fingerprint density at radius 1 is 0.722 bits per heavy atom. The number of anilines is 2. The van der Waals surface area contributed by atoms with E-state index in [9.17, 15) is 29.4 Å². The SMILES string of the molecule is CC(C)Cc1csc(NC(=O)CCCCC(=O)Nc2scc(CC(C)C)c2C(=O)[O-])c1C(=O)[O-].[Na+].[Na+]. The Morgan fingerprint density at radius 2 is 1.06 bits per heavy atom. The van der Waals surface area contributed by atoms with Gasteiger partial charge in [-0.15, -0.1) is 22.7 Å². The van der Waals surface area contributed by atoms with Gasteiger partial charge < -0.3 is 30.4 Å². The van der Waals surface area contributed by atoms with E-state index in [1.54, 1.807) is 10.8 Å². The van der Waals surface area contributed by atoms with Crippen LogP contribution >= 0.6 is 22.7 Å². The van der Waals surface area contributed by atoms with Gasteiger partial charge in [-0.2, -0.15) is 0 Å². The molecule has 0 unspecified atom stereocenters. The molecule has 0 fully saturated rings. The molecule has 0 aliphatic heterocycles. The van der Waals surface area contributed by atoms with E-state index < -0.39 is 11.9 Å². The maximum atomic E-state index is 12.3. The fourth-order valence-corrected chi connectivity index (χ4v) is 5.51. The second-order valence-corrected chi connectivity index (χ2v) is 10.8. The van der Waals surface area contributed by atoms with Gasteiger partial charge in [0.2, 0.25) is 11.8 Å². The van der Waals surface area contributed by atoms with Crippen LogP contribution in [0.5, 0.6) is 0 Å². The molecule has 0 aliphatic rings. The van der Waals surface area contributed by atoms with Crippen LogP contribution < -0.4 is 80.0 Å². The smallest absolute Gasteiger partial charge is 0.545 e. The molecule has 36 heavy (non-hydrogen) atoms. The summed E-state index contributed by atoms with van der Waals surface area (Å²) in [4.78, 5) is 47.6. The number of rotatable bonds is 13. The Balaban J connectivity index is 0.00000612. The molecule has 2 rings (SSSR count). The normalized spacial score (nSPS) is 10.5. The predicted molar refractivity (Wildman–Crippen MR) is 130 cm³/mol. The van der Waals surface area contributed by atoms with E-state index in [-0.39, 0.29) is 117 Å². The number of thiophene rings is 2. The van der Waals surface area contributed by atoms with Crippen molar-refractivity contribution in [3.05, 3.63) is 33.0 Å². The number of aromatic carboxylic acids is 2. The number of nitrogens with one attached hydrogen (secondary N) is 2. The predicted octanol–water partition coefficient (Wildman–Crippen LogP) is -2.92. The number of hydrogen-bond donors (Lipinski definition) is 2. The van der Waals surface area contributed by atoms with Gasteiger partial charge in [0.25, 0.3) is 0 Å². The van der Waals surface area contributed by atoms with Gasteiger partial charge in [0.1, 0.15) is 10.0 Å². The molecule has 0 aromatic carbocycles. The maximum absolute atomic E-state index is 12.3.